The van der Waals surface area contributed by atoms with Gasteiger partial charge in [0.05, 0.1) is 5.56 Å². The lowest BCUT2D eigenvalue weighted by molar-refractivity contribution is 0.0825. The molecule has 0 aliphatic rings. The molecule has 0 bridgehead atoms. The van der Waals surface area contributed by atoms with Crippen LogP contribution in [0.2, 0.25) is 0 Å². The van der Waals surface area contributed by atoms with Crippen molar-refractivity contribution < 1.29 is 18.5 Å². The number of nitrogens with zero attached hydrogens (tertiary/aromatic N) is 2. The zero-order valence-electron chi connectivity index (χ0n) is 12.2. The fourth-order valence-corrected chi connectivity index (χ4v) is 1.91. The standard InChI is InChI=1S/C16H11FN4O3/c17-12-5-1-3-10(7-12)13-8-14(24-21-13)16(23)20-19-15(22)11-4-2-6-18-9-11/h1-9H,(H,19,22)(H,20,23). The number of aromatic nitrogens is 2. The van der Waals surface area contributed by atoms with Gasteiger partial charge in [0.2, 0.25) is 5.76 Å². The van der Waals surface area contributed by atoms with Crippen LogP contribution in [0.15, 0.2) is 59.4 Å². The number of rotatable bonds is 3. The first-order chi connectivity index (χ1) is 11.6. The molecular weight excluding hydrogens is 315 g/mol. The fraction of sp³-hybridized carbons (Fsp3) is 0. The molecule has 0 atom stereocenters. The molecule has 0 saturated carbocycles. The van der Waals surface area contributed by atoms with E-state index in [-0.39, 0.29) is 11.3 Å². The molecule has 24 heavy (non-hydrogen) atoms. The van der Waals surface area contributed by atoms with Crippen LogP contribution in [0.1, 0.15) is 20.9 Å². The van der Waals surface area contributed by atoms with Gasteiger partial charge in [-0.15, -0.1) is 0 Å². The minimum Gasteiger partial charge on any atom is -0.350 e. The van der Waals surface area contributed by atoms with Crippen LogP contribution in [0.3, 0.4) is 0 Å². The van der Waals surface area contributed by atoms with E-state index in [9.17, 15) is 14.0 Å². The molecule has 0 fully saturated rings. The third kappa shape index (κ3) is 3.43. The Morgan fingerprint density at radius 1 is 1.04 bits per heavy atom. The number of carbonyl (C=O) groups excluding carboxylic acids is 2. The van der Waals surface area contributed by atoms with Crippen LogP contribution in [0.4, 0.5) is 4.39 Å². The average Bonchev–Trinajstić information content (AvgIpc) is 3.10. The summed E-state index contributed by atoms with van der Waals surface area (Å²) in [5.41, 5.74) is 5.49. The third-order valence-electron chi connectivity index (χ3n) is 3.07. The first kappa shape index (κ1) is 15.3. The van der Waals surface area contributed by atoms with Crippen LogP contribution in [0.5, 0.6) is 0 Å². The minimum atomic E-state index is -0.692. The Labute approximate surface area is 135 Å². The zero-order chi connectivity index (χ0) is 16.9. The van der Waals surface area contributed by atoms with Crippen molar-refractivity contribution in [3.8, 4) is 11.3 Å². The molecule has 0 aliphatic carbocycles. The SMILES string of the molecule is O=C(NNC(=O)c1cc(-c2cccc(F)c2)no1)c1cccnc1. The number of benzene rings is 1. The minimum absolute atomic E-state index is 0.124. The van der Waals surface area contributed by atoms with Crippen LogP contribution in [-0.2, 0) is 0 Å². The molecule has 1 aromatic carbocycles. The quantitative estimate of drug-likeness (QED) is 0.717. The van der Waals surface area contributed by atoms with Crippen LogP contribution < -0.4 is 10.9 Å². The molecule has 2 amide bonds. The van der Waals surface area contributed by atoms with Gasteiger partial charge in [-0.1, -0.05) is 17.3 Å². The predicted octanol–water partition coefficient (Wildman–Crippen LogP) is 1.95. The van der Waals surface area contributed by atoms with Crippen molar-refractivity contribution in [3.05, 3.63) is 72.0 Å². The summed E-state index contributed by atoms with van der Waals surface area (Å²) in [6, 6.07) is 10.2. The van der Waals surface area contributed by atoms with Crippen LogP contribution in [0, 0.1) is 5.82 Å². The fourth-order valence-electron chi connectivity index (χ4n) is 1.91. The van der Waals surface area contributed by atoms with Gasteiger partial charge in [0.15, 0.2) is 0 Å². The Bertz CT molecular complexity index is 880. The molecule has 7 nitrogen and oxygen atoms in total. The Morgan fingerprint density at radius 2 is 1.88 bits per heavy atom. The van der Waals surface area contributed by atoms with Crippen molar-refractivity contribution in [1.82, 2.24) is 21.0 Å². The normalized spacial score (nSPS) is 10.2. The number of nitrogens with one attached hydrogen (secondary N) is 2. The van der Waals surface area contributed by atoms with E-state index in [4.69, 9.17) is 4.52 Å². The van der Waals surface area contributed by atoms with Gasteiger partial charge < -0.3 is 4.52 Å². The number of pyridine rings is 1. The Hall–Kier alpha value is -3.55. The first-order valence-electron chi connectivity index (χ1n) is 6.87. The highest BCUT2D eigenvalue weighted by Crippen LogP contribution is 2.19. The molecule has 0 spiro atoms. The van der Waals surface area contributed by atoms with Crippen LogP contribution >= 0.6 is 0 Å². The average molecular weight is 326 g/mol. The number of carbonyl (C=O) groups is 2. The van der Waals surface area contributed by atoms with Crippen molar-refractivity contribution in [2.75, 3.05) is 0 Å². The highest BCUT2D eigenvalue weighted by atomic mass is 19.1. The van der Waals surface area contributed by atoms with E-state index < -0.39 is 17.6 Å². The number of hydrogen-bond donors (Lipinski definition) is 2. The highest BCUT2D eigenvalue weighted by molar-refractivity contribution is 5.98. The summed E-state index contributed by atoms with van der Waals surface area (Å²) in [6.07, 6.45) is 2.88. The number of hydrogen-bond acceptors (Lipinski definition) is 5. The Balaban J connectivity index is 1.65. The van der Waals surface area contributed by atoms with E-state index in [0.717, 1.165) is 0 Å². The second-order valence-corrected chi connectivity index (χ2v) is 4.74. The van der Waals surface area contributed by atoms with E-state index >= 15 is 0 Å². The van der Waals surface area contributed by atoms with Gasteiger partial charge in [-0.2, -0.15) is 0 Å². The Morgan fingerprint density at radius 3 is 2.62 bits per heavy atom. The molecule has 0 aliphatic heterocycles. The molecule has 0 saturated heterocycles. The maximum atomic E-state index is 13.2. The van der Waals surface area contributed by atoms with Crippen LogP contribution in [0.25, 0.3) is 11.3 Å². The van der Waals surface area contributed by atoms with Gasteiger partial charge in [0, 0.05) is 24.0 Å². The van der Waals surface area contributed by atoms with E-state index in [1.54, 1.807) is 18.2 Å². The van der Waals surface area contributed by atoms with Crippen molar-refractivity contribution in [2.24, 2.45) is 0 Å². The smallest absolute Gasteiger partial charge is 0.308 e. The third-order valence-corrected chi connectivity index (χ3v) is 3.07. The first-order valence-corrected chi connectivity index (χ1v) is 6.87. The monoisotopic (exact) mass is 326 g/mol. The summed E-state index contributed by atoms with van der Waals surface area (Å²) in [5.74, 6) is -1.77. The molecule has 120 valence electrons. The second kappa shape index (κ2) is 6.69. The van der Waals surface area contributed by atoms with Gasteiger partial charge >= 0.3 is 5.91 Å². The zero-order valence-corrected chi connectivity index (χ0v) is 12.2. The van der Waals surface area contributed by atoms with Crippen molar-refractivity contribution in [3.63, 3.8) is 0 Å². The topological polar surface area (TPSA) is 97.1 Å². The van der Waals surface area contributed by atoms with E-state index in [1.807, 2.05) is 0 Å². The summed E-state index contributed by atoms with van der Waals surface area (Å²) < 4.78 is 18.1. The van der Waals surface area contributed by atoms with E-state index in [0.29, 0.717) is 11.3 Å². The maximum absolute atomic E-state index is 13.2. The van der Waals surface area contributed by atoms with E-state index in [1.165, 1.54) is 36.7 Å². The molecule has 2 aromatic heterocycles. The lowest BCUT2D eigenvalue weighted by Crippen LogP contribution is -2.41. The summed E-state index contributed by atoms with van der Waals surface area (Å²) in [7, 11) is 0. The number of hydrazine groups is 1. The number of amides is 2. The van der Waals surface area contributed by atoms with Crippen molar-refractivity contribution in [1.29, 1.82) is 0 Å². The molecule has 0 radical (unpaired) electrons. The van der Waals surface area contributed by atoms with E-state index in [2.05, 4.69) is 21.0 Å². The summed E-state index contributed by atoms with van der Waals surface area (Å²) in [6.45, 7) is 0. The highest BCUT2D eigenvalue weighted by Gasteiger charge is 2.15. The lowest BCUT2D eigenvalue weighted by Gasteiger charge is -2.04. The van der Waals surface area contributed by atoms with Gasteiger partial charge in [-0.05, 0) is 24.3 Å². The lowest BCUT2D eigenvalue weighted by atomic mass is 10.1. The van der Waals surface area contributed by atoms with Crippen LogP contribution in [-0.4, -0.2) is 22.0 Å². The van der Waals surface area contributed by atoms with Gasteiger partial charge in [0.1, 0.15) is 11.5 Å². The largest absolute Gasteiger partial charge is 0.350 e. The Kier molecular flexibility index (Phi) is 4.28. The predicted molar refractivity (Wildman–Crippen MR) is 81.1 cm³/mol. The van der Waals surface area contributed by atoms with Crippen molar-refractivity contribution in [2.45, 2.75) is 0 Å². The molecule has 3 aromatic rings. The summed E-state index contributed by atoms with van der Waals surface area (Å²) in [4.78, 5) is 27.5. The van der Waals surface area contributed by atoms with Gasteiger partial charge in [0.25, 0.3) is 5.91 Å². The molecule has 8 heteroatoms. The van der Waals surface area contributed by atoms with Gasteiger partial charge in [-0.3, -0.25) is 25.4 Å². The second-order valence-electron chi connectivity index (χ2n) is 4.74. The van der Waals surface area contributed by atoms with Gasteiger partial charge in [-0.25, -0.2) is 4.39 Å². The molecule has 0 unspecified atom stereocenters. The molecule has 2 heterocycles. The molecule has 3 rings (SSSR count). The van der Waals surface area contributed by atoms with Crippen molar-refractivity contribution >= 4 is 11.8 Å². The summed E-state index contributed by atoms with van der Waals surface area (Å²) >= 11 is 0. The maximum Gasteiger partial charge on any atom is 0.308 e. The number of halogens is 1. The molecule has 2 N–H and O–H groups in total. The molecular formula is C16H11FN4O3. The summed E-state index contributed by atoms with van der Waals surface area (Å²) in [5, 5.41) is 3.71.